The van der Waals surface area contributed by atoms with E-state index in [9.17, 15) is 59.5 Å². The van der Waals surface area contributed by atoms with Crippen molar-refractivity contribution in [2.75, 3.05) is 113 Å². The van der Waals surface area contributed by atoms with Crippen LogP contribution in [-0.2, 0) is 43.0 Å². The van der Waals surface area contributed by atoms with Crippen LogP contribution in [0.2, 0.25) is 5.02 Å². The Bertz CT molecular complexity index is 4390. The smallest absolute Gasteiger partial charge is 0.338 e. The molecular weight excluding hydrogens is 1750 g/mol. The first-order valence-corrected chi connectivity index (χ1v) is 42.7. The summed E-state index contributed by atoms with van der Waals surface area (Å²) in [6.45, 7) is 6.30. The number of esters is 3. The highest BCUT2D eigenvalue weighted by molar-refractivity contribution is 9.10. The van der Waals surface area contributed by atoms with Crippen LogP contribution < -0.4 is 16.0 Å². The van der Waals surface area contributed by atoms with Crippen LogP contribution in [0.15, 0.2) is 147 Å². The molecule has 3 aromatic heterocycles. The summed E-state index contributed by atoms with van der Waals surface area (Å²) in [5, 5.41) is 43.3. The molecule has 112 heavy (non-hydrogen) atoms. The van der Waals surface area contributed by atoms with Gasteiger partial charge in [-0.05, 0) is 68.3 Å². The Kier molecular flexibility index (Phi) is 31.7. The maximum Gasteiger partial charge on any atom is 0.338 e. The highest BCUT2D eigenvalue weighted by atomic mass is 79.9. The SMILES string of the molecule is CCOC(=O)C1=C(CN2CC(CSCC(=O)O)C(F)(F)C2)NC(c2nccs2)=N[C@H]1c1ccc(F)cc1Br.CCOC(=O)C1=C(CN2CC(F)C(CSCC(=O)O)C2)NC(c2nccs2)=N[C@H]1c1ccc(F)cc1Br.CCOC(=O)C1=C(CN2CC(F)C(CSCC(=O)O)C2)NC(c2nccs2)=N[C@H]1c1ccc(F)cc1Cl. The predicted octanol–water partition coefficient (Wildman–Crippen LogP) is 12.3. The number of hydrogen-bond acceptors (Lipinski definition) is 27. The normalized spacial score (nSPS) is 21.8. The van der Waals surface area contributed by atoms with Gasteiger partial charge in [-0.25, -0.2) is 60.1 Å². The van der Waals surface area contributed by atoms with Gasteiger partial charge in [-0.15, -0.1) is 69.3 Å². The molecule has 12 rings (SSSR count). The van der Waals surface area contributed by atoms with Gasteiger partial charge in [0.15, 0.2) is 32.5 Å². The number of thiazole rings is 3. The molecule has 0 amide bonds. The number of amidine groups is 3. The first-order chi connectivity index (χ1) is 53.6. The summed E-state index contributed by atoms with van der Waals surface area (Å²) in [4.78, 5) is 105. The number of aliphatic imine (C=N–C) groups is 3. The fourth-order valence-corrected chi connectivity index (χ4v) is 18.8. The minimum atomic E-state index is -3.03. The molecule has 3 saturated heterocycles. The first-order valence-electron chi connectivity index (χ1n) is 34.6. The quantitative estimate of drug-likeness (QED) is 0.0139. The van der Waals surface area contributed by atoms with Gasteiger partial charge in [0.1, 0.15) is 47.9 Å². The molecule has 0 radical (unpaired) electrons. The van der Waals surface area contributed by atoms with Gasteiger partial charge in [0.05, 0.1) is 60.3 Å². The summed E-state index contributed by atoms with van der Waals surface area (Å²) >= 11 is 20.5. The standard InChI is InChI=1S/C24H24BrF3N4O4S2.C24H25BrF2N4O4S2.C24H25ClF2N4O4S2/c1-2-36-23(35)19-17(9-32-8-13(24(27,28)12-32)10-37-11-18(33)34)30-21(22-29-5-6-38-22)31-20(19)15-4-3-14(26)7-16(15)25;2*1-2-35-24(34)20-18(10-31-8-13(17(27)9-31)11-36-12-19(32)33)29-22(23-28-5-6-37-23)30-21(20)15-4-3-14(26)7-16(15)25/h3-7,13,20H,2,8-12H2,1H3,(H,30,31)(H,33,34);2*3-7,13,17,21H,2,8-12H2,1H3,(H,29,30)(H,32,33)/t13?,20-;2*13?,17?,21-/m000/s1. The second kappa shape index (κ2) is 40.8. The fraction of sp³-hybridized carbons (Fsp3) is 0.417. The Labute approximate surface area is 685 Å². The van der Waals surface area contributed by atoms with Gasteiger partial charge in [-0.2, -0.15) is 0 Å². The van der Waals surface area contributed by atoms with Crippen LogP contribution in [0.1, 0.15) is 70.6 Å². The van der Waals surface area contributed by atoms with Crippen molar-refractivity contribution in [3.8, 4) is 0 Å². The molecular formula is C72H74Br2ClF7N12O12S6. The summed E-state index contributed by atoms with van der Waals surface area (Å²) in [6, 6.07) is 9.48. The fourth-order valence-electron chi connectivity index (χ4n) is 12.9. The van der Waals surface area contributed by atoms with Gasteiger partial charge in [-0.1, -0.05) is 61.7 Å². The number of likely N-dealkylation sites (tertiary alicyclic amines) is 3. The van der Waals surface area contributed by atoms with Crippen molar-refractivity contribution in [1.29, 1.82) is 0 Å². The molecule has 0 spiro atoms. The van der Waals surface area contributed by atoms with Gasteiger partial charge in [0, 0.05) is 159 Å². The van der Waals surface area contributed by atoms with E-state index >= 15 is 0 Å². The molecule has 0 bridgehead atoms. The molecule has 0 saturated carbocycles. The number of carbonyl (C=O) groups is 6. The number of nitrogens with one attached hydrogen (secondary N) is 3. The molecule has 6 aromatic rings. The third-order valence-electron chi connectivity index (χ3n) is 17.7. The Morgan fingerprint density at radius 2 is 0.875 bits per heavy atom. The Morgan fingerprint density at radius 3 is 1.21 bits per heavy atom. The molecule has 5 unspecified atom stereocenters. The Balaban J connectivity index is 0.000000178. The van der Waals surface area contributed by atoms with E-state index in [2.05, 4.69) is 62.8 Å². The molecule has 0 aliphatic carbocycles. The topological polar surface area (TPSA) is 312 Å². The van der Waals surface area contributed by atoms with E-state index in [1.54, 1.807) is 61.6 Å². The zero-order valence-corrected chi connectivity index (χ0v) is 68.6. The summed E-state index contributed by atoms with van der Waals surface area (Å²) in [5.74, 6) is -9.42. The van der Waals surface area contributed by atoms with Gasteiger partial charge in [0.25, 0.3) is 5.92 Å². The van der Waals surface area contributed by atoms with E-state index in [4.69, 9.17) is 56.1 Å². The van der Waals surface area contributed by atoms with Crippen LogP contribution in [0.4, 0.5) is 30.7 Å². The zero-order chi connectivity index (χ0) is 80.5. The number of carboxylic acids is 3. The van der Waals surface area contributed by atoms with Crippen molar-refractivity contribution in [2.24, 2.45) is 32.7 Å². The summed E-state index contributed by atoms with van der Waals surface area (Å²) < 4.78 is 118. The molecule has 8 atom stereocenters. The minimum Gasteiger partial charge on any atom is -0.481 e. The molecule has 6 aliphatic rings. The van der Waals surface area contributed by atoms with E-state index < -0.39 is 102 Å². The largest absolute Gasteiger partial charge is 0.481 e. The summed E-state index contributed by atoms with van der Waals surface area (Å²) in [7, 11) is 0. The number of aliphatic carboxylic acids is 3. The second-order valence-corrected chi connectivity index (χ2v) is 33.5. The number of carboxylic acid groups (broad SMARTS) is 3. The number of ether oxygens (including phenoxy) is 3. The second-order valence-electron chi connectivity index (χ2n) is 25.7. The molecule has 3 fully saturated rings. The number of carbonyl (C=O) groups excluding carboxylic acids is 3. The number of benzene rings is 3. The van der Waals surface area contributed by atoms with Gasteiger partial charge >= 0.3 is 35.8 Å². The summed E-state index contributed by atoms with van der Waals surface area (Å²) in [5.41, 5.74) is 3.39. The number of halogens is 10. The lowest BCUT2D eigenvalue weighted by Crippen LogP contribution is -2.39. The number of nitrogens with zero attached hydrogens (tertiary/aromatic N) is 9. The Hall–Kier alpha value is -7.31. The first kappa shape index (κ1) is 87.1. The van der Waals surface area contributed by atoms with Crippen LogP contribution in [-0.4, -0.2) is 230 Å². The van der Waals surface area contributed by atoms with Crippen molar-refractivity contribution in [3.05, 3.63) is 186 Å². The maximum atomic E-state index is 14.8. The van der Waals surface area contributed by atoms with E-state index in [1.807, 2.05) is 9.80 Å². The highest BCUT2D eigenvalue weighted by Gasteiger charge is 2.49. The molecule has 40 heteroatoms. The molecule has 600 valence electrons. The van der Waals surface area contributed by atoms with Gasteiger partial charge < -0.3 is 45.5 Å². The molecule has 6 aliphatic heterocycles. The number of alkyl halides is 4. The summed E-state index contributed by atoms with van der Waals surface area (Å²) in [6.07, 6.45) is 2.61. The van der Waals surface area contributed by atoms with E-state index in [1.165, 1.54) is 105 Å². The van der Waals surface area contributed by atoms with Crippen LogP contribution in [0.5, 0.6) is 0 Å². The van der Waals surface area contributed by atoms with Crippen LogP contribution >= 0.6 is 113 Å². The highest BCUT2D eigenvalue weighted by Crippen LogP contribution is 2.43. The Morgan fingerprint density at radius 1 is 0.527 bits per heavy atom. The van der Waals surface area contributed by atoms with E-state index in [-0.39, 0.29) is 116 Å². The number of thioether (sulfide) groups is 3. The van der Waals surface area contributed by atoms with Crippen LogP contribution in [0, 0.1) is 35.2 Å². The molecule has 6 N–H and O–H groups in total. The lowest BCUT2D eigenvalue weighted by molar-refractivity contribution is -0.139. The average Bonchev–Trinajstić information content (AvgIpc) is 1.47. The molecule has 9 heterocycles. The number of hydrogen-bond donors (Lipinski definition) is 6. The molecule has 3 aromatic carbocycles. The predicted molar refractivity (Wildman–Crippen MR) is 424 cm³/mol. The van der Waals surface area contributed by atoms with E-state index in [0.717, 1.165) is 17.8 Å². The van der Waals surface area contributed by atoms with Crippen LogP contribution in [0.3, 0.4) is 0 Å². The minimum absolute atomic E-state index is 0.00947. The van der Waals surface area contributed by atoms with Crippen molar-refractivity contribution in [2.45, 2.75) is 57.2 Å². The van der Waals surface area contributed by atoms with Crippen molar-refractivity contribution in [3.63, 3.8) is 0 Å². The number of rotatable bonds is 30. The number of aromatic nitrogens is 3. The van der Waals surface area contributed by atoms with Crippen molar-refractivity contribution in [1.82, 2.24) is 45.6 Å². The van der Waals surface area contributed by atoms with E-state index in [0.29, 0.717) is 99.9 Å². The van der Waals surface area contributed by atoms with Gasteiger partial charge in [-0.3, -0.25) is 44.1 Å². The third kappa shape index (κ3) is 23.0. The third-order valence-corrected chi connectivity index (χ3v) is 25.1. The monoisotopic (exact) mass is 1820 g/mol. The average molecular weight is 1820 g/mol. The maximum absolute atomic E-state index is 14.8. The zero-order valence-electron chi connectivity index (χ0n) is 59.8. The van der Waals surface area contributed by atoms with Crippen LogP contribution in [0.25, 0.3) is 0 Å². The van der Waals surface area contributed by atoms with Crippen molar-refractivity contribution >= 4 is 166 Å². The lowest BCUT2D eigenvalue weighted by Gasteiger charge is -2.29. The molecule has 24 nitrogen and oxygen atoms in total. The van der Waals surface area contributed by atoms with Crippen molar-refractivity contribution < 1.29 is 89.0 Å². The van der Waals surface area contributed by atoms with Gasteiger partial charge in [0.2, 0.25) is 0 Å². The lowest BCUT2D eigenvalue weighted by atomic mass is 9.95.